The van der Waals surface area contributed by atoms with Crippen molar-refractivity contribution in [3.8, 4) is 17.2 Å². The van der Waals surface area contributed by atoms with Crippen LogP contribution in [0.25, 0.3) is 11.0 Å². The molecule has 0 amide bonds. The average molecular weight is 466 g/mol. The third-order valence-corrected chi connectivity index (χ3v) is 4.16. The smallest absolute Gasteiger partial charge is 0.453 e. The van der Waals surface area contributed by atoms with E-state index < -0.39 is 40.6 Å². The number of methoxy groups -OCH3 is 1. The fourth-order valence-electron chi connectivity index (χ4n) is 2.77. The van der Waals surface area contributed by atoms with E-state index in [0.29, 0.717) is 0 Å². The van der Waals surface area contributed by atoms with Crippen LogP contribution in [-0.2, 0) is 20.4 Å². The number of esters is 2. The quantitative estimate of drug-likeness (QED) is 0.375. The van der Waals surface area contributed by atoms with Gasteiger partial charge in [0.2, 0.25) is 11.2 Å². The Morgan fingerprint density at radius 2 is 1.70 bits per heavy atom. The Balaban J connectivity index is 2.02. The fraction of sp³-hybridized carbons (Fsp3) is 0.227. The molecule has 0 spiro atoms. The number of hydrogen-bond donors (Lipinski definition) is 0. The molecule has 0 bridgehead atoms. The monoisotopic (exact) mass is 466 g/mol. The first-order valence-corrected chi connectivity index (χ1v) is 9.46. The van der Waals surface area contributed by atoms with Crippen LogP contribution in [0.5, 0.6) is 17.2 Å². The number of halogens is 3. The number of carbonyl (C=O) groups excluding carboxylic acids is 2. The van der Waals surface area contributed by atoms with E-state index in [4.69, 9.17) is 18.6 Å². The normalized spacial score (nSPS) is 11.3. The second kappa shape index (κ2) is 9.74. The molecule has 0 fully saturated rings. The third-order valence-electron chi connectivity index (χ3n) is 4.16. The number of fused-ring (bicyclic) bond motifs is 1. The maximum atomic E-state index is 13.6. The molecule has 11 heteroatoms. The topological polar surface area (TPSA) is 101 Å². The van der Waals surface area contributed by atoms with Crippen molar-refractivity contribution in [1.82, 2.24) is 0 Å². The van der Waals surface area contributed by atoms with E-state index in [9.17, 15) is 27.6 Å². The van der Waals surface area contributed by atoms with E-state index in [2.05, 4.69) is 4.74 Å². The summed E-state index contributed by atoms with van der Waals surface area (Å²) in [6.45, 7) is 1.40. The highest BCUT2D eigenvalue weighted by Crippen LogP contribution is 2.38. The Morgan fingerprint density at radius 1 is 1.03 bits per heavy atom. The van der Waals surface area contributed by atoms with Crippen LogP contribution in [-0.4, -0.2) is 32.3 Å². The zero-order valence-corrected chi connectivity index (χ0v) is 17.4. The van der Waals surface area contributed by atoms with E-state index >= 15 is 0 Å². The van der Waals surface area contributed by atoms with Gasteiger partial charge < -0.3 is 23.4 Å². The van der Waals surface area contributed by atoms with Crippen molar-refractivity contribution >= 4 is 22.9 Å². The summed E-state index contributed by atoms with van der Waals surface area (Å²) < 4.78 is 65.5. The zero-order chi connectivity index (χ0) is 24.2. The molecule has 1 heterocycles. The third kappa shape index (κ3) is 5.50. The van der Waals surface area contributed by atoms with E-state index in [1.54, 1.807) is 6.92 Å². The molecule has 0 atom stereocenters. The van der Waals surface area contributed by atoms with E-state index in [0.717, 1.165) is 12.1 Å². The van der Waals surface area contributed by atoms with Gasteiger partial charge in [-0.2, -0.15) is 13.2 Å². The average Bonchev–Trinajstić information content (AvgIpc) is 2.75. The highest BCUT2D eigenvalue weighted by Gasteiger charge is 2.40. The van der Waals surface area contributed by atoms with Crippen LogP contribution in [0.3, 0.4) is 0 Å². The molecule has 0 aliphatic rings. The first-order chi connectivity index (χ1) is 15.6. The minimum atomic E-state index is -5.07. The number of hydrogen-bond acceptors (Lipinski definition) is 8. The van der Waals surface area contributed by atoms with Gasteiger partial charge in [-0.1, -0.05) is 0 Å². The van der Waals surface area contributed by atoms with E-state index in [1.807, 2.05) is 0 Å². The highest BCUT2D eigenvalue weighted by atomic mass is 19.4. The predicted octanol–water partition coefficient (Wildman–Crippen LogP) is 4.33. The summed E-state index contributed by atoms with van der Waals surface area (Å²) in [5, 5.41) is -0.229. The lowest BCUT2D eigenvalue weighted by Crippen LogP contribution is -2.16. The minimum absolute atomic E-state index is 0.134. The lowest BCUT2D eigenvalue weighted by Gasteiger charge is -2.14. The molecule has 0 saturated heterocycles. The van der Waals surface area contributed by atoms with Crippen LogP contribution < -0.4 is 14.9 Å². The maximum Gasteiger partial charge on any atom is 0.453 e. The van der Waals surface area contributed by atoms with Crippen molar-refractivity contribution in [2.45, 2.75) is 13.1 Å². The number of carbonyl (C=O) groups is 2. The van der Waals surface area contributed by atoms with Crippen molar-refractivity contribution in [2.75, 3.05) is 20.3 Å². The van der Waals surface area contributed by atoms with Gasteiger partial charge in [-0.3, -0.25) is 4.79 Å². The highest BCUT2D eigenvalue weighted by molar-refractivity contribution is 5.89. The van der Waals surface area contributed by atoms with Gasteiger partial charge in [-0.25, -0.2) is 9.59 Å². The minimum Gasteiger partial charge on any atom is -0.462 e. The molecule has 0 saturated carbocycles. The van der Waals surface area contributed by atoms with Crippen LogP contribution in [0.15, 0.2) is 51.7 Å². The first kappa shape index (κ1) is 23.8. The van der Waals surface area contributed by atoms with Gasteiger partial charge in [0.1, 0.15) is 23.7 Å². The lowest BCUT2D eigenvalue weighted by atomic mass is 10.2. The zero-order valence-electron chi connectivity index (χ0n) is 17.4. The van der Waals surface area contributed by atoms with Crippen molar-refractivity contribution in [2.24, 2.45) is 0 Å². The van der Waals surface area contributed by atoms with Gasteiger partial charge in [-0.05, 0) is 43.3 Å². The maximum absolute atomic E-state index is 13.6. The predicted molar refractivity (Wildman–Crippen MR) is 107 cm³/mol. The Bertz CT molecular complexity index is 1230. The summed E-state index contributed by atoms with van der Waals surface area (Å²) in [5.41, 5.74) is -1.39. The molecule has 0 aliphatic heterocycles. The van der Waals surface area contributed by atoms with Crippen molar-refractivity contribution < 1.29 is 46.1 Å². The van der Waals surface area contributed by atoms with Gasteiger partial charge in [0.15, 0.2) is 0 Å². The summed E-state index contributed by atoms with van der Waals surface area (Å²) in [6.07, 6.45) is -5.07. The molecule has 0 aliphatic carbocycles. The van der Waals surface area contributed by atoms with Crippen LogP contribution in [0.4, 0.5) is 13.2 Å². The van der Waals surface area contributed by atoms with Crippen molar-refractivity contribution in [3.05, 3.63) is 64.0 Å². The summed E-state index contributed by atoms with van der Waals surface area (Å²) >= 11 is 0. The van der Waals surface area contributed by atoms with Crippen molar-refractivity contribution in [3.63, 3.8) is 0 Å². The largest absolute Gasteiger partial charge is 0.462 e. The molecule has 0 unspecified atom stereocenters. The van der Waals surface area contributed by atoms with Crippen molar-refractivity contribution in [1.29, 1.82) is 0 Å². The molecule has 8 nitrogen and oxygen atoms in total. The lowest BCUT2D eigenvalue weighted by molar-refractivity contribution is -0.154. The molecule has 2 aromatic carbocycles. The second-order valence-electron chi connectivity index (χ2n) is 6.50. The Kier molecular flexibility index (Phi) is 7.02. The number of benzene rings is 2. The van der Waals surface area contributed by atoms with Crippen LogP contribution in [0.2, 0.25) is 0 Å². The summed E-state index contributed by atoms with van der Waals surface area (Å²) in [7, 11) is 1.27. The van der Waals surface area contributed by atoms with Gasteiger partial charge >= 0.3 is 18.1 Å². The molecule has 0 N–H and O–H groups in total. The van der Waals surface area contributed by atoms with E-state index in [1.165, 1.54) is 37.4 Å². The summed E-state index contributed by atoms with van der Waals surface area (Å²) in [5.74, 6) is -4.43. The Morgan fingerprint density at radius 3 is 2.30 bits per heavy atom. The van der Waals surface area contributed by atoms with Gasteiger partial charge in [0.05, 0.1) is 17.6 Å². The SMILES string of the molecule is CCOC(=O)c1ccc(Oc2c(C(F)(F)F)oc3cc(OC(=O)COC)ccc3c2=O)cc1. The number of rotatable bonds is 7. The van der Waals surface area contributed by atoms with Gasteiger partial charge in [-0.15, -0.1) is 0 Å². The first-order valence-electron chi connectivity index (χ1n) is 9.46. The molecule has 3 aromatic rings. The molecule has 0 radical (unpaired) electrons. The second-order valence-corrected chi connectivity index (χ2v) is 6.50. The molecular weight excluding hydrogens is 449 g/mol. The Hall–Kier alpha value is -3.86. The van der Waals surface area contributed by atoms with Crippen LogP contribution in [0, 0.1) is 0 Å². The molecule has 3 rings (SSSR count). The molecule has 33 heavy (non-hydrogen) atoms. The van der Waals surface area contributed by atoms with Gasteiger partial charge in [0.25, 0.3) is 5.76 Å². The van der Waals surface area contributed by atoms with E-state index in [-0.39, 0.29) is 35.7 Å². The van der Waals surface area contributed by atoms with Crippen LogP contribution >= 0.6 is 0 Å². The fourth-order valence-corrected chi connectivity index (χ4v) is 2.77. The van der Waals surface area contributed by atoms with Crippen LogP contribution in [0.1, 0.15) is 23.0 Å². The number of ether oxygens (including phenoxy) is 4. The molecular formula is C22H17F3O8. The molecule has 1 aromatic heterocycles. The molecule has 174 valence electrons. The number of alkyl halides is 3. The van der Waals surface area contributed by atoms with Gasteiger partial charge in [0, 0.05) is 13.2 Å². The summed E-state index contributed by atoms with van der Waals surface area (Å²) in [4.78, 5) is 36.1. The summed E-state index contributed by atoms with van der Waals surface area (Å²) in [6, 6.07) is 8.35. The standard InChI is InChI=1S/C22H17F3O8/c1-3-30-21(28)12-4-6-13(7-5-12)32-19-18(27)15-9-8-14(31-17(26)11-29-2)10-16(15)33-20(19)22(23,24)25/h4-10H,3,11H2,1-2H3. The Labute approximate surface area is 184 Å².